The predicted molar refractivity (Wildman–Crippen MR) is 79.1 cm³/mol. The first-order valence-electron chi connectivity index (χ1n) is 7.81. The molecule has 3 fully saturated rings. The maximum absolute atomic E-state index is 6.19. The molecular formula is C15H29ClN2. The van der Waals surface area contributed by atoms with E-state index in [0.717, 1.165) is 17.8 Å². The fourth-order valence-electron chi connectivity index (χ4n) is 4.42. The van der Waals surface area contributed by atoms with Crippen LogP contribution in [-0.2, 0) is 0 Å². The summed E-state index contributed by atoms with van der Waals surface area (Å²) in [5, 5.41) is 0. The number of nitrogens with zero attached hydrogens (tertiary/aromatic N) is 1. The van der Waals surface area contributed by atoms with E-state index in [-0.39, 0.29) is 12.4 Å². The molecule has 18 heavy (non-hydrogen) atoms. The largest absolute Gasteiger partial charge is 0.327 e. The van der Waals surface area contributed by atoms with Crippen molar-refractivity contribution in [3.63, 3.8) is 0 Å². The van der Waals surface area contributed by atoms with Crippen LogP contribution in [0.4, 0.5) is 0 Å². The van der Waals surface area contributed by atoms with Gasteiger partial charge in [-0.15, -0.1) is 12.4 Å². The first kappa shape index (κ1) is 14.6. The van der Waals surface area contributed by atoms with Crippen LogP contribution in [0.3, 0.4) is 0 Å². The van der Waals surface area contributed by atoms with Crippen LogP contribution in [0, 0.1) is 17.8 Å². The SMILES string of the molecule is Cl.NC1CCC2CN(CCC3CCCCC3)CC12. The van der Waals surface area contributed by atoms with Crippen molar-refractivity contribution < 1.29 is 0 Å². The van der Waals surface area contributed by atoms with E-state index in [4.69, 9.17) is 5.73 Å². The Kier molecular flexibility index (Phi) is 5.35. The number of rotatable bonds is 3. The van der Waals surface area contributed by atoms with Crippen LogP contribution in [0.5, 0.6) is 0 Å². The fourth-order valence-corrected chi connectivity index (χ4v) is 4.42. The molecule has 0 bridgehead atoms. The Labute approximate surface area is 118 Å². The number of fused-ring (bicyclic) bond motifs is 1. The predicted octanol–water partition coefficient (Wildman–Crippen LogP) is 3.05. The van der Waals surface area contributed by atoms with Gasteiger partial charge in [0.15, 0.2) is 0 Å². The summed E-state index contributed by atoms with van der Waals surface area (Å²) in [6, 6.07) is 0.514. The van der Waals surface area contributed by atoms with Gasteiger partial charge in [-0.3, -0.25) is 0 Å². The molecule has 3 atom stereocenters. The fraction of sp³-hybridized carbons (Fsp3) is 1.00. The molecule has 2 saturated carbocycles. The molecule has 2 nitrogen and oxygen atoms in total. The molecule has 3 heteroatoms. The number of halogens is 1. The summed E-state index contributed by atoms with van der Waals surface area (Å²) in [5.41, 5.74) is 6.19. The first-order valence-corrected chi connectivity index (χ1v) is 7.81. The van der Waals surface area contributed by atoms with Crippen molar-refractivity contribution in [1.82, 2.24) is 4.90 Å². The van der Waals surface area contributed by atoms with Gasteiger partial charge in [0.1, 0.15) is 0 Å². The van der Waals surface area contributed by atoms with E-state index in [9.17, 15) is 0 Å². The second-order valence-electron chi connectivity index (χ2n) is 6.72. The lowest BCUT2D eigenvalue weighted by Crippen LogP contribution is -2.31. The number of hydrogen-bond donors (Lipinski definition) is 1. The van der Waals surface area contributed by atoms with Crippen molar-refractivity contribution in [1.29, 1.82) is 0 Å². The number of hydrogen-bond acceptors (Lipinski definition) is 2. The second-order valence-corrected chi connectivity index (χ2v) is 6.72. The van der Waals surface area contributed by atoms with Crippen LogP contribution in [0.2, 0.25) is 0 Å². The maximum atomic E-state index is 6.19. The van der Waals surface area contributed by atoms with Gasteiger partial charge in [0.2, 0.25) is 0 Å². The molecular weight excluding hydrogens is 244 g/mol. The second kappa shape index (κ2) is 6.58. The van der Waals surface area contributed by atoms with Gasteiger partial charge in [-0.25, -0.2) is 0 Å². The van der Waals surface area contributed by atoms with Crippen molar-refractivity contribution in [3.05, 3.63) is 0 Å². The van der Waals surface area contributed by atoms with Gasteiger partial charge in [-0.2, -0.15) is 0 Å². The van der Waals surface area contributed by atoms with Gasteiger partial charge >= 0.3 is 0 Å². The van der Waals surface area contributed by atoms with Crippen LogP contribution < -0.4 is 5.73 Å². The van der Waals surface area contributed by atoms with Crippen molar-refractivity contribution in [3.8, 4) is 0 Å². The molecule has 3 rings (SSSR count). The van der Waals surface area contributed by atoms with E-state index in [0.29, 0.717) is 6.04 Å². The summed E-state index contributed by atoms with van der Waals surface area (Å²) >= 11 is 0. The van der Waals surface area contributed by atoms with Crippen LogP contribution in [0.1, 0.15) is 51.4 Å². The lowest BCUT2D eigenvalue weighted by Gasteiger charge is -2.25. The van der Waals surface area contributed by atoms with Crippen molar-refractivity contribution in [2.24, 2.45) is 23.5 Å². The smallest absolute Gasteiger partial charge is 0.00826 e. The van der Waals surface area contributed by atoms with E-state index in [1.165, 1.54) is 71.0 Å². The van der Waals surface area contributed by atoms with Crippen molar-refractivity contribution in [2.45, 2.75) is 57.4 Å². The first-order chi connectivity index (χ1) is 8.33. The highest BCUT2D eigenvalue weighted by Gasteiger charge is 2.40. The van der Waals surface area contributed by atoms with Gasteiger partial charge in [-0.05, 0) is 43.6 Å². The minimum absolute atomic E-state index is 0. The van der Waals surface area contributed by atoms with E-state index >= 15 is 0 Å². The number of likely N-dealkylation sites (tertiary alicyclic amines) is 1. The van der Waals surface area contributed by atoms with E-state index < -0.39 is 0 Å². The maximum Gasteiger partial charge on any atom is 0.00826 e. The standard InChI is InChI=1S/C15H28N2.ClH/c16-15-7-6-13-10-17(11-14(13)15)9-8-12-4-2-1-3-5-12;/h12-15H,1-11,16H2;1H. The lowest BCUT2D eigenvalue weighted by molar-refractivity contribution is 0.251. The summed E-state index contributed by atoms with van der Waals surface area (Å²) < 4.78 is 0. The molecule has 1 heterocycles. The van der Waals surface area contributed by atoms with Crippen molar-refractivity contribution in [2.75, 3.05) is 19.6 Å². The van der Waals surface area contributed by atoms with Gasteiger partial charge < -0.3 is 10.6 Å². The van der Waals surface area contributed by atoms with Gasteiger partial charge in [0.05, 0.1) is 0 Å². The molecule has 3 aliphatic rings. The molecule has 2 N–H and O–H groups in total. The Balaban J connectivity index is 0.00000120. The zero-order valence-electron chi connectivity index (χ0n) is 11.5. The van der Waals surface area contributed by atoms with Crippen LogP contribution >= 0.6 is 12.4 Å². The lowest BCUT2D eigenvalue weighted by atomic mass is 9.87. The van der Waals surface area contributed by atoms with Crippen LogP contribution in [-0.4, -0.2) is 30.6 Å². The average Bonchev–Trinajstić information content (AvgIpc) is 2.91. The molecule has 2 aliphatic carbocycles. The molecule has 3 unspecified atom stereocenters. The zero-order chi connectivity index (χ0) is 11.7. The molecule has 1 aliphatic heterocycles. The molecule has 106 valence electrons. The topological polar surface area (TPSA) is 29.3 Å². The monoisotopic (exact) mass is 272 g/mol. The highest BCUT2D eigenvalue weighted by Crippen LogP contribution is 2.37. The molecule has 0 radical (unpaired) electrons. The Morgan fingerprint density at radius 3 is 2.44 bits per heavy atom. The summed E-state index contributed by atoms with van der Waals surface area (Å²) in [6.07, 6.45) is 11.6. The molecule has 0 amide bonds. The molecule has 0 spiro atoms. The van der Waals surface area contributed by atoms with Gasteiger partial charge in [-0.1, -0.05) is 32.1 Å². The van der Waals surface area contributed by atoms with Crippen LogP contribution in [0.15, 0.2) is 0 Å². The summed E-state index contributed by atoms with van der Waals surface area (Å²) in [7, 11) is 0. The van der Waals surface area contributed by atoms with E-state index in [1.807, 2.05) is 0 Å². The summed E-state index contributed by atoms with van der Waals surface area (Å²) in [4.78, 5) is 2.71. The number of nitrogens with two attached hydrogens (primary N) is 1. The van der Waals surface area contributed by atoms with E-state index in [1.54, 1.807) is 0 Å². The third kappa shape index (κ3) is 3.20. The van der Waals surface area contributed by atoms with Gasteiger partial charge in [0.25, 0.3) is 0 Å². The molecule has 1 saturated heterocycles. The Hall–Kier alpha value is 0.210. The quantitative estimate of drug-likeness (QED) is 0.856. The summed E-state index contributed by atoms with van der Waals surface area (Å²) in [5.74, 6) is 2.82. The Bertz CT molecular complexity index is 253. The molecule has 0 aromatic heterocycles. The van der Waals surface area contributed by atoms with Crippen molar-refractivity contribution >= 4 is 12.4 Å². The third-order valence-electron chi connectivity index (χ3n) is 5.57. The minimum atomic E-state index is 0. The highest BCUT2D eigenvalue weighted by atomic mass is 35.5. The van der Waals surface area contributed by atoms with Crippen LogP contribution in [0.25, 0.3) is 0 Å². The third-order valence-corrected chi connectivity index (χ3v) is 5.57. The average molecular weight is 273 g/mol. The Morgan fingerprint density at radius 2 is 1.72 bits per heavy atom. The van der Waals surface area contributed by atoms with Gasteiger partial charge in [0, 0.05) is 19.1 Å². The molecule has 0 aromatic rings. The highest BCUT2D eigenvalue weighted by molar-refractivity contribution is 5.85. The molecule has 0 aromatic carbocycles. The normalized spacial score (nSPS) is 37.5. The summed E-state index contributed by atoms with van der Waals surface area (Å²) in [6.45, 7) is 4.01. The Morgan fingerprint density at radius 1 is 0.944 bits per heavy atom. The zero-order valence-corrected chi connectivity index (χ0v) is 12.3. The minimum Gasteiger partial charge on any atom is -0.327 e. The van der Waals surface area contributed by atoms with E-state index in [2.05, 4.69) is 4.90 Å².